The summed E-state index contributed by atoms with van der Waals surface area (Å²) < 4.78 is 6.00. The van der Waals surface area contributed by atoms with Crippen LogP contribution in [0.5, 0.6) is 0 Å². The standard InChI is InChI=1S/C43H79NO5/c1-3-5-7-9-11-13-15-16-17-18-19-21-23-25-30-34-38-43(48)49-40(35-31-27-24-22-20-14-12-10-8-6-4-2)36-32-28-26-29-33-37-41(45)44-39-42(46)47/h17-18,22,24,40H,3-16,19-21,23,25-39H2,1-2H3,(H,44,45)(H,46,47)/b18-17-,24-22-. The van der Waals surface area contributed by atoms with Crippen LogP contribution < -0.4 is 5.32 Å². The number of hydrogen-bond acceptors (Lipinski definition) is 4. The number of unbranched alkanes of at least 4 members (excludes halogenated alkanes) is 23. The highest BCUT2D eigenvalue weighted by atomic mass is 16.5. The van der Waals surface area contributed by atoms with E-state index in [9.17, 15) is 14.4 Å². The second-order valence-electron chi connectivity index (χ2n) is 14.2. The Hall–Kier alpha value is -2.11. The van der Waals surface area contributed by atoms with Crippen LogP contribution in [0.25, 0.3) is 0 Å². The topological polar surface area (TPSA) is 92.7 Å². The molecular formula is C43H79NO5. The molecule has 0 aliphatic rings. The van der Waals surface area contributed by atoms with Gasteiger partial charge in [-0.15, -0.1) is 0 Å². The van der Waals surface area contributed by atoms with Crippen LogP contribution in [0, 0.1) is 0 Å². The molecule has 0 aliphatic heterocycles. The van der Waals surface area contributed by atoms with Crippen molar-refractivity contribution in [3.63, 3.8) is 0 Å². The Bertz CT molecular complexity index is 808. The van der Waals surface area contributed by atoms with E-state index in [-0.39, 0.29) is 24.5 Å². The van der Waals surface area contributed by atoms with Crippen LogP contribution in [-0.2, 0) is 19.1 Å². The van der Waals surface area contributed by atoms with Gasteiger partial charge < -0.3 is 15.2 Å². The van der Waals surface area contributed by atoms with Gasteiger partial charge in [-0.05, 0) is 83.5 Å². The summed E-state index contributed by atoms with van der Waals surface area (Å²) in [7, 11) is 0. The first kappa shape index (κ1) is 46.9. The van der Waals surface area contributed by atoms with Crippen LogP contribution in [0.15, 0.2) is 24.3 Å². The highest BCUT2D eigenvalue weighted by Crippen LogP contribution is 2.18. The van der Waals surface area contributed by atoms with Crippen molar-refractivity contribution in [3.8, 4) is 0 Å². The number of carboxylic acid groups (broad SMARTS) is 1. The molecule has 6 nitrogen and oxygen atoms in total. The maximum Gasteiger partial charge on any atom is 0.322 e. The van der Waals surface area contributed by atoms with Crippen LogP contribution in [0.1, 0.15) is 219 Å². The lowest BCUT2D eigenvalue weighted by Crippen LogP contribution is -2.28. The average molecular weight is 690 g/mol. The van der Waals surface area contributed by atoms with Crippen molar-refractivity contribution < 1.29 is 24.2 Å². The molecule has 2 N–H and O–H groups in total. The Morgan fingerprint density at radius 1 is 0.510 bits per heavy atom. The Balaban J connectivity index is 4.17. The Labute approximate surface area is 303 Å². The van der Waals surface area contributed by atoms with Crippen LogP contribution in [-0.4, -0.2) is 35.6 Å². The molecule has 0 heterocycles. The normalized spacial score (nSPS) is 12.2. The van der Waals surface area contributed by atoms with Crippen LogP contribution in [0.3, 0.4) is 0 Å². The maximum atomic E-state index is 12.7. The van der Waals surface area contributed by atoms with E-state index < -0.39 is 5.97 Å². The maximum absolute atomic E-state index is 12.7. The number of hydrogen-bond donors (Lipinski definition) is 2. The summed E-state index contributed by atoms with van der Waals surface area (Å²) in [5.74, 6) is -1.25. The molecule has 0 aliphatic carbocycles. The molecule has 0 fully saturated rings. The molecule has 0 aromatic heterocycles. The van der Waals surface area contributed by atoms with E-state index >= 15 is 0 Å². The number of esters is 1. The summed E-state index contributed by atoms with van der Waals surface area (Å²) in [6.07, 6.45) is 45.8. The quantitative estimate of drug-likeness (QED) is 0.0382. The van der Waals surface area contributed by atoms with Crippen molar-refractivity contribution in [2.75, 3.05) is 6.54 Å². The molecule has 0 bridgehead atoms. The van der Waals surface area contributed by atoms with E-state index in [1.165, 1.54) is 122 Å². The third-order valence-corrected chi connectivity index (χ3v) is 9.35. The molecule has 1 amide bonds. The molecule has 6 heteroatoms. The molecule has 0 aromatic carbocycles. The van der Waals surface area contributed by atoms with E-state index in [4.69, 9.17) is 9.84 Å². The number of aliphatic carboxylic acids is 1. The van der Waals surface area contributed by atoms with Crippen molar-refractivity contribution in [2.24, 2.45) is 0 Å². The Morgan fingerprint density at radius 3 is 1.39 bits per heavy atom. The van der Waals surface area contributed by atoms with E-state index in [1.54, 1.807) is 0 Å². The number of nitrogens with one attached hydrogen (secondary N) is 1. The van der Waals surface area contributed by atoms with Gasteiger partial charge in [0.2, 0.25) is 5.91 Å². The van der Waals surface area contributed by atoms with Crippen LogP contribution in [0.2, 0.25) is 0 Å². The number of carbonyl (C=O) groups is 3. The van der Waals surface area contributed by atoms with Crippen molar-refractivity contribution in [1.29, 1.82) is 0 Å². The summed E-state index contributed by atoms with van der Waals surface area (Å²) in [4.78, 5) is 35.0. The van der Waals surface area contributed by atoms with Crippen molar-refractivity contribution in [1.82, 2.24) is 5.32 Å². The smallest absolute Gasteiger partial charge is 0.322 e. The van der Waals surface area contributed by atoms with Crippen molar-refractivity contribution in [3.05, 3.63) is 24.3 Å². The van der Waals surface area contributed by atoms with Gasteiger partial charge in [0.25, 0.3) is 0 Å². The summed E-state index contributed by atoms with van der Waals surface area (Å²) >= 11 is 0. The van der Waals surface area contributed by atoms with Gasteiger partial charge in [-0.1, -0.05) is 147 Å². The Kier molecular flexibility index (Phi) is 37.0. The predicted octanol–water partition coefficient (Wildman–Crippen LogP) is 12.7. The van der Waals surface area contributed by atoms with Gasteiger partial charge in [0.05, 0.1) is 0 Å². The van der Waals surface area contributed by atoms with Crippen molar-refractivity contribution >= 4 is 17.8 Å². The molecule has 49 heavy (non-hydrogen) atoms. The fourth-order valence-corrected chi connectivity index (χ4v) is 6.22. The molecule has 0 aromatic rings. The minimum Gasteiger partial charge on any atom is -0.480 e. The van der Waals surface area contributed by atoms with E-state index in [1.807, 2.05) is 0 Å². The van der Waals surface area contributed by atoms with Gasteiger partial charge >= 0.3 is 11.9 Å². The van der Waals surface area contributed by atoms with Gasteiger partial charge in [-0.25, -0.2) is 0 Å². The number of ether oxygens (including phenoxy) is 1. The van der Waals surface area contributed by atoms with E-state index in [0.717, 1.165) is 70.6 Å². The molecule has 1 atom stereocenters. The van der Waals surface area contributed by atoms with Crippen LogP contribution >= 0.6 is 0 Å². The predicted molar refractivity (Wildman–Crippen MR) is 208 cm³/mol. The van der Waals surface area contributed by atoms with Gasteiger partial charge in [0.1, 0.15) is 12.6 Å². The van der Waals surface area contributed by atoms with Crippen LogP contribution in [0.4, 0.5) is 0 Å². The molecule has 286 valence electrons. The number of amides is 1. The largest absolute Gasteiger partial charge is 0.480 e. The fraction of sp³-hybridized carbons (Fsp3) is 0.837. The third kappa shape index (κ3) is 38.5. The van der Waals surface area contributed by atoms with Crippen molar-refractivity contribution in [2.45, 2.75) is 225 Å². The molecule has 1 unspecified atom stereocenters. The summed E-state index contributed by atoms with van der Waals surface area (Å²) in [6.45, 7) is 4.22. The van der Waals surface area contributed by atoms with E-state index in [2.05, 4.69) is 43.5 Å². The molecule has 0 spiro atoms. The first-order valence-corrected chi connectivity index (χ1v) is 21.0. The lowest BCUT2D eigenvalue weighted by Gasteiger charge is -2.18. The SMILES string of the molecule is CCCCCCCC/C=C\CCCC(CCCCCCCC(=O)NCC(=O)O)OC(=O)CCCCCCC/C=C\CCCCCCCCC. The Morgan fingerprint density at radius 2 is 0.898 bits per heavy atom. The number of carbonyl (C=O) groups excluding carboxylic acids is 2. The first-order chi connectivity index (χ1) is 24.0. The average Bonchev–Trinajstić information content (AvgIpc) is 3.08. The second kappa shape index (κ2) is 38.7. The minimum atomic E-state index is -1.02. The minimum absolute atomic E-state index is 0.00546. The zero-order valence-corrected chi connectivity index (χ0v) is 32.3. The van der Waals surface area contributed by atoms with Gasteiger partial charge in [-0.3, -0.25) is 14.4 Å². The molecular weight excluding hydrogens is 610 g/mol. The summed E-state index contributed by atoms with van der Waals surface area (Å²) in [5.41, 5.74) is 0. The monoisotopic (exact) mass is 690 g/mol. The number of rotatable bonds is 38. The molecule has 0 rings (SSSR count). The highest BCUT2D eigenvalue weighted by Gasteiger charge is 2.14. The zero-order valence-electron chi connectivity index (χ0n) is 32.3. The second-order valence-corrected chi connectivity index (χ2v) is 14.2. The van der Waals surface area contributed by atoms with Gasteiger partial charge in [-0.2, -0.15) is 0 Å². The molecule has 0 radical (unpaired) electrons. The molecule has 0 saturated heterocycles. The van der Waals surface area contributed by atoms with Gasteiger partial charge in [0.15, 0.2) is 0 Å². The van der Waals surface area contributed by atoms with Gasteiger partial charge in [0, 0.05) is 12.8 Å². The molecule has 0 saturated carbocycles. The highest BCUT2D eigenvalue weighted by molar-refractivity contribution is 5.80. The summed E-state index contributed by atoms with van der Waals surface area (Å²) in [5, 5.41) is 11.1. The summed E-state index contributed by atoms with van der Waals surface area (Å²) in [6, 6.07) is 0. The zero-order chi connectivity index (χ0) is 35.9. The number of allylic oxidation sites excluding steroid dienone is 4. The first-order valence-electron chi connectivity index (χ1n) is 21.0. The van der Waals surface area contributed by atoms with E-state index in [0.29, 0.717) is 12.8 Å². The fourth-order valence-electron chi connectivity index (χ4n) is 6.22. The number of carboxylic acids is 1. The lowest BCUT2D eigenvalue weighted by atomic mass is 10.0. The third-order valence-electron chi connectivity index (χ3n) is 9.35. The lowest BCUT2D eigenvalue weighted by molar-refractivity contribution is -0.150.